The predicted molar refractivity (Wildman–Crippen MR) is 112 cm³/mol. The fourth-order valence-corrected chi connectivity index (χ4v) is 2.83. The Bertz CT molecular complexity index is 555. The fraction of sp³-hybridized carbons (Fsp3) is 0.667. The quantitative estimate of drug-likeness (QED) is 0.378. The van der Waals surface area contributed by atoms with Gasteiger partial charge >= 0.3 is 5.97 Å². The molecule has 1 heterocycles. The molecule has 0 bridgehead atoms. The zero-order valence-corrected chi connectivity index (χ0v) is 17.7. The molecular formula is C21H35N3O6. The van der Waals surface area contributed by atoms with Crippen LogP contribution in [0.15, 0.2) is 30.3 Å². The Labute approximate surface area is 178 Å². The van der Waals surface area contributed by atoms with Gasteiger partial charge < -0.3 is 29.5 Å². The summed E-state index contributed by atoms with van der Waals surface area (Å²) in [6.45, 7) is 9.00. The van der Waals surface area contributed by atoms with Crippen LogP contribution in [-0.2, 0) is 23.8 Å². The summed E-state index contributed by atoms with van der Waals surface area (Å²) in [5, 5.41) is 1.73. The van der Waals surface area contributed by atoms with Crippen LogP contribution in [-0.4, -0.2) is 108 Å². The molecule has 1 fully saturated rings. The van der Waals surface area contributed by atoms with Crippen molar-refractivity contribution in [2.24, 2.45) is 5.73 Å². The number of hydroxylamine groups is 2. The van der Waals surface area contributed by atoms with Crippen LogP contribution >= 0.6 is 0 Å². The van der Waals surface area contributed by atoms with Crippen molar-refractivity contribution >= 4 is 5.97 Å². The van der Waals surface area contributed by atoms with Crippen LogP contribution in [0.2, 0.25) is 0 Å². The van der Waals surface area contributed by atoms with E-state index in [1.165, 1.54) is 0 Å². The van der Waals surface area contributed by atoms with Crippen LogP contribution in [0.4, 0.5) is 0 Å². The second-order valence-electron chi connectivity index (χ2n) is 6.75. The van der Waals surface area contributed by atoms with E-state index in [9.17, 15) is 4.79 Å². The molecule has 2 N–H and O–H groups in total. The maximum absolute atomic E-state index is 12.1. The van der Waals surface area contributed by atoms with Crippen molar-refractivity contribution in [3.05, 3.63) is 35.9 Å². The van der Waals surface area contributed by atoms with Crippen LogP contribution in [0.5, 0.6) is 0 Å². The van der Waals surface area contributed by atoms with E-state index in [4.69, 9.17) is 29.5 Å². The first kappa shape index (κ1) is 24.7. The summed E-state index contributed by atoms with van der Waals surface area (Å²) < 4.78 is 21.7. The summed E-state index contributed by atoms with van der Waals surface area (Å²) in [5.74, 6) is -0.308. The van der Waals surface area contributed by atoms with Gasteiger partial charge in [-0.3, -0.25) is 4.90 Å². The van der Waals surface area contributed by atoms with Gasteiger partial charge in [-0.05, 0) is 12.1 Å². The van der Waals surface area contributed by atoms with Crippen molar-refractivity contribution in [2.45, 2.75) is 0 Å². The first-order chi connectivity index (χ1) is 14.8. The molecule has 0 saturated carbocycles. The molecule has 1 aromatic rings. The second-order valence-corrected chi connectivity index (χ2v) is 6.75. The van der Waals surface area contributed by atoms with E-state index in [2.05, 4.69) is 4.90 Å². The lowest BCUT2D eigenvalue weighted by molar-refractivity contribution is -0.131. The summed E-state index contributed by atoms with van der Waals surface area (Å²) in [7, 11) is 0. The highest BCUT2D eigenvalue weighted by Crippen LogP contribution is 2.07. The van der Waals surface area contributed by atoms with E-state index in [1.54, 1.807) is 17.2 Å². The topological polar surface area (TPSA) is 95.7 Å². The number of nitrogens with zero attached hydrogens (tertiary/aromatic N) is 2. The number of carbonyl (C=O) groups excluding carboxylic acids is 1. The van der Waals surface area contributed by atoms with E-state index in [0.717, 1.165) is 19.6 Å². The molecule has 0 aliphatic carbocycles. The molecule has 0 spiro atoms. The zero-order valence-electron chi connectivity index (χ0n) is 17.7. The minimum atomic E-state index is -0.308. The van der Waals surface area contributed by atoms with E-state index >= 15 is 0 Å². The highest BCUT2D eigenvalue weighted by Gasteiger charge is 2.20. The zero-order chi connectivity index (χ0) is 21.3. The molecule has 0 unspecified atom stereocenters. The standard InChI is InChI=1S/C21H35N3O6/c22-6-12-26-14-16-28-18-19-29-17-15-27-13-11-23-7-9-24(10-8-23)30-21(25)20-4-2-1-3-5-20/h1-5H,6-19,22H2. The minimum Gasteiger partial charge on any atom is -0.378 e. The Hall–Kier alpha value is -1.59. The smallest absolute Gasteiger partial charge is 0.357 e. The highest BCUT2D eigenvalue weighted by molar-refractivity contribution is 5.89. The van der Waals surface area contributed by atoms with Crippen molar-refractivity contribution in [3.8, 4) is 0 Å². The number of rotatable bonds is 16. The van der Waals surface area contributed by atoms with E-state index in [-0.39, 0.29) is 5.97 Å². The molecular weight excluding hydrogens is 390 g/mol. The van der Waals surface area contributed by atoms with Crippen molar-refractivity contribution in [2.75, 3.05) is 92.1 Å². The highest BCUT2D eigenvalue weighted by atomic mass is 16.7. The fourth-order valence-electron chi connectivity index (χ4n) is 2.83. The van der Waals surface area contributed by atoms with Gasteiger partial charge in [-0.25, -0.2) is 4.79 Å². The third-order valence-electron chi connectivity index (χ3n) is 4.48. The van der Waals surface area contributed by atoms with Gasteiger partial charge in [0.05, 0.1) is 58.4 Å². The van der Waals surface area contributed by atoms with Gasteiger partial charge in [0.1, 0.15) is 0 Å². The number of ether oxygens (including phenoxy) is 4. The summed E-state index contributed by atoms with van der Waals surface area (Å²) >= 11 is 0. The predicted octanol–water partition coefficient (Wildman–Crippen LogP) is 0.401. The molecule has 9 heteroatoms. The Morgan fingerprint density at radius 1 is 0.767 bits per heavy atom. The Morgan fingerprint density at radius 2 is 1.30 bits per heavy atom. The Kier molecular flexibility index (Phi) is 13.3. The molecule has 2 rings (SSSR count). The SMILES string of the molecule is NCCOCCOCCOCCOCCN1CCN(OC(=O)c2ccccc2)CC1. The molecule has 1 aromatic carbocycles. The van der Waals surface area contributed by atoms with Crippen LogP contribution in [0.25, 0.3) is 0 Å². The van der Waals surface area contributed by atoms with E-state index in [0.29, 0.717) is 78.1 Å². The molecule has 0 atom stereocenters. The molecule has 9 nitrogen and oxygen atoms in total. The van der Waals surface area contributed by atoms with Crippen LogP contribution in [0, 0.1) is 0 Å². The normalized spacial score (nSPS) is 15.4. The number of hydrogen-bond donors (Lipinski definition) is 1. The second kappa shape index (κ2) is 16.1. The lowest BCUT2D eigenvalue weighted by Gasteiger charge is -2.33. The average Bonchev–Trinajstić information content (AvgIpc) is 2.78. The molecule has 1 saturated heterocycles. The summed E-state index contributed by atoms with van der Waals surface area (Å²) in [5.41, 5.74) is 5.89. The third-order valence-corrected chi connectivity index (χ3v) is 4.48. The van der Waals surface area contributed by atoms with Crippen LogP contribution in [0.3, 0.4) is 0 Å². The first-order valence-electron chi connectivity index (χ1n) is 10.6. The lowest BCUT2D eigenvalue weighted by Crippen LogP contribution is -2.47. The Balaban J connectivity index is 1.38. The van der Waals surface area contributed by atoms with Crippen LogP contribution < -0.4 is 5.73 Å². The number of piperazine rings is 1. The number of hydrogen-bond acceptors (Lipinski definition) is 9. The molecule has 0 aromatic heterocycles. The van der Waals surface area contributed by atoms with Crippen molar-refractivity contribution < 1.29 is 28.6 Å². The van der Waals surface area contributed by atoms with Gasteiger partial charge in [0.15, 0.2) is 0 Å². The van der Waals surface area contributed by atoms with Gasteiger partial charge in [-0.2, -0.15) is 0 Å². The van der Waals surface area contributed by atoms with Gasteiger partial charge in [-0.15, -0.1) is 5.06 Å². The van der Waals surface area contributed by atoms with Gasteiger partial charge in [0.25, 0.3) is 0 Å². The maximum atomic E-state index is 12.1. The average molecular weight is 426 g/mol. The van der Waals surface area contributed by atoms with Crippen molar-refractivity contribution in [1.82, 2.24) is 9.96 Å². The molecule has 1 aliphatic rings. The molecule has 30 heavy (non-hydrogen) atoms. The summed E-state index contributed by atoms with van der Waals surface area (Å²) in [6, 6.07) is 9.05. The maximum Gasteiger partial charge on any atom is 0.357 e. The largest absolute Gasteiger partial charge is 0.378 e. The third kappa shape index (κ3) is 11.0. The van der Waals surface area contributed by atoms with Gasteiger partial charge in [0, 0.05) is 39.3 Å². The number of benzene rings is 1. The molecule has 0 radical (unpaired) electrons. The monoisotopic (exact) mass is 425 g/mol. The summed E-state index contributed by atoms with van der Waals surface area (Å²) in [6.07, 6.45) is 0. The first-order valence-corrected chi connectivity index (χ1v) is 10.6. The van der Waals surface area contributed by atoms with Gasteiger partial charge in [-0.1, -0.05) is 18.2 Å². The summed E-state index contributed by atoms with van der Waals surface area (Å²) in [4.78, 5) is 19.8. The number of nitrogens with two attached hydrogens (primary N) is 1. The molecule has 170 valence electrons. The minimum absolute atomic E-state index is 0.308. The van der Waals surface area contributed by atoms with Crippen molar-refractivity contribution in [1.29, 1.82) is 0 Å². The molecule has 0 amide bonds. The van der Waals surface area contributed by atoms with Crippen LogP contribution in [0.1, 0.15) is 10.4 Å². The van der Waals surface area contributed by atoms with Crippen molar-refractivity contribution in [3.63, 3.8) is 0 Å². The van der Waals surface area contributed by atoms with Gasteiger partial charge in [0.2, 0.25) is 0 Å². The molecule has 1 aliphatic heterocycles. The lowest BCUT2D eigenvalue weighted by atomic mass is 10.2. The Morgan fingerprint density at radius 3 is 1.87 bits per heavy atom. The van der Waals surface area contributed by atoms with E-state index in [1.807, 2.05) is 18.2 Å². The van der Waals surface area contributed by atoms with E-state index < -0.39 is 0 Å². The number of carbonyl (C=O) groups is 1.